The first-order valence-corrected chi connectivity index (χ1v) is 17.3. The van der Waals surface area contributed by atoms with Crippen molar-refractivity contribution in [3.8, 4) is 0 Å². The lowest BCUT2D eigenvalue weighted by Gasteiger charge is -2.09. The largest absolute Gasteiger partial charge is 0.499 e. The third-order valence-electron chi connectivity index (χ3n) is 5.91. The van der Waals surface area contributed by atoms with Gasteiger partial charge in [-0.3, -0.25) is 9.59 Å². The van der Waals surface area contributed by atoms with E-state index in [2.05, 4.69) is 11.9 Å². The van der Waals surface area contributed by atoms with Gasteiger partial charge in [0.1, 0.15) is 6.61 Å². The number of amides is 1. The Labute approximate surface area is 297 Å². The molecule has 0 unspecified atom stereocenters. The number of hydrogen-bond acceptors (Lipinski definition) is 15. The number of aliphatic carboxylic acids is 1. The molecule has 0 aliphatic rings. The summed E-state index contributed by atoms with van der Waals surface area (Å²) in [6, 6.07) is 0. The summed E-state index contributed by atoms with van der Waals surface area (Å²) in [6.45, 7) is 16.1. The van der Waals surface area contributed by atoms with Gasteiger partial charge < -0.3 is 72.0 Å². The van der Waals surface area contributed by atoms with Crippen LogP contribution in [0, 0.1) is 0 Å². The molecule has 1 amide bonds. The Morgan fingerprint density at radius 2 is 0.680 bits per heavy atom. The zero-order valence-corrected chi connectivity index (χ0v) is 29.9. The monoisotopic (exact) mass is 729 g/mol. The van der Waals surface area contributed by atoms with Crippen molar-refractivity contribution in [1.82, 2.24) is 5.32 Å². The zero-order valence-electron chi connectivity index (χ0n) is 29.9. The fraction of sp³-hybridized carbons (Fsp3) is 0.879. The number of hydrogen-bond donors (Lipinski definition) is 2. The molecule has 17 heteroatoms. The standard InChI is InChI=1S/C33H63NO16/c1-2-38-8-9-40-12-13-42-16-17-44-20-21-46-24-25-48-28-29-50-31-30-49-27-26-47-23-22-45-19-18-43-15-14-41-11-10-39-7-3-6-34-32(35)4-5-33(36)37/h2H,1,3-31H2,(H,34,35)(H,36,37). The second-order valence-electron chi connectivity index (χ2n) is 9.98. The predicted octanol–water partition coefficient (Wildman–Crippen LogP) is 0.717. The van der Waals surface area contributed by atoms with Crippen molar-refractivity contribution in [3.05, 3.63) is 12.8 Å². The van der Waals surface area contributed by atoms with Crippen molar-refractivity contribution >= 4 is 11.9 Å². The molecule has 0 bridgehead atoms. The minimum Gasteiger partial charge on any atom is -0.499 e. The predicted molar refractivity (Wildman–Crippen MR) is 180 cm³/mol. The van der Waals surface area contributed by atoms with E-state index in [4.69, 9.17) is 66.7 Å². The Kier molecular flexibility index (Phi) is 41.4. The van der Waals surface area contributed by atoms with Crippen LogP contribution in [0.1, 0.15) is 19.3 Å². The first kappa shape index (κ1) is 48.0. The number of nitrogens with one attached hydrogen (secondary N) is 1. The molecule has 0 atom stereocenters. The minimum absolute atomic E-state index is 0.0119. The van der Waals surface area contributed by atoms with Crippen molar-refractivity contribution in [2.24, 2.45) is 0 Å². The van der Waals surface area contributed by atoms with E-state index in [-0.39, 0.29) is 18.7 Å². The van der Waals surface area contributed by atoms with E-state index >= 15 is 0 Å². The van der Waals surface area contributed by atoms with E-state index in [1.54, 1.807) is 0 Å². The van der Waals surface area contributed by atoms with Gasteiger partial charge in [0.15, 0.2) is 0 Å². The van der Waals surface area contributed by atoms with Crippen LogP contribution in [-0.4, -0.2) is 189 Å². The molecule has 2 N–H and O–H groups in total. The fourth-order valence-corrected chi connectivity index (χ4v) is 3.42. The summed E-state index contributed by atoms with van der Waals surface area (Å²) >= 11 is 0. The van der Waals surface area contributed by atoms with Gasteiger partial charge in [0.05, 0.1) is 165 Å². The van der Waals surface area contributed by atoms with Gasteiger partial charge in [-0.2, -0.15) is 0 Å². The molecule has 0 radical (unpaired) electrons. The van der Waals surface area contributed by atoms with Crippen LogP contribution >= 0.6 is 0 Å². The van der Waals surface area contributed by atoms with Gasteiger partial charge in [-0.25, -0.2) is 0 Å². The summed E-state index contributed by atoms with van der Waals surface area (Å²) in [5.41, 5.74) is 0. The Morgan fingerprint density at radius 1 is 0.420 bits per heavy atom. The maximum atomic E-state index is 11.4. The average molecular weight is 730 g/mol. The van der Waals surface area contributed by atoms with Crippen molar-refractivity contribution in [1.29, 1.82) is 0 Å². The van der Waals surface area contributed by atoms with Gasteiger partial charge in [0.25, 0.3) is 0 Å². The first-order chi connectivity index (χ1) is 24.7. The summed E-state index contributed by atoms with van der Waals surface area (Å²) in [6.07, 6.45) is 1.86. The molecule has 0 heterocycles. The molecule has 0 aliphatic carbocycles. The number of rotatable bonds is 44. The third kappa shape index (κ3) is 44.0. The fourth-order valence-electron chi connectivity index (χ4n) is 3.42. The Bertz CT molecular complexity index is 721. The highest BCUT2D eigenvalue weighted by molar-refractivity contribution is 5.80. The van der Waals surface area contributed by atoms with Crippen LogP contribution < -0.4 is 5.32 Å². The van der Waals surface area contributed by atoms with E-state index in [0.29, 0.717) is 178 Å². The van der Waals surface area contributed by atoms with E-state index in [1.165, 1.54) is 6.26 Å². The summed E-state index contributed by atoms with van der Waals surface area (Å²) in [4.78, 5) is 21.8. The normalized spacial score (nSPS) is 11.2. The molecule has 0 aromatic carbocycles. The van der Waals surface area contributed by atoms with Gasteiger partial charge in [-0.05, 0) is 6.42 Å². The third-order valence-corrected chi connectivity index (χ3v) is 5.91. The summed E-state index contributed by atoms with van der Waals surface area (Å²) in [5.74, 6) is -1.25. The molecule has 50 heavy (non-hydrogen) atoms. The molecule has 0 saturated carbocycles. The molecule has 0 spiro atoms. The Hall–Kier alpha value is -2.00. The van der Waals surface area contributed by atoms with Gasteiger partial charge in [-0.15, -0.1) is 0 Å². The molecule has 0 fully saturated rings. The maximum Gasteiger partial charge on any atom is 0.303 e. The molecule has 0 aliphatic heterocycles. The smallest absolute Gasteiger partial charge is 0.303 e. The second kappa shape index (κ2) is 43.2. The molecule has 0 aromatic heterocycles. The lowest BCUT2D eigenvalue weighted by Crippen LogP contribution is -2.25. The quantitative estimate of drug-likeness (QED) is 0.0659. The Balaban J connectivity index is 3.08. The van der Waals surface area contributed by atoms with Crippen molar-refractivity contribution < 1.29 is 76.3 Å². The van der Waals surface area contributed by atoms with Crippen LogP contribution in [0.25, 0.3) is 0 Å². The van der Waals surface area contributed by atoms with Gasteiger partial charge >= 0.3 is 5.97 Å². The second-order valence-corrected chi connectivity index (χ2v) is 9.98. The summed E-state index contributed by atoms with van der Waals surface area (Å²) in [5, 5.41) is 11.2. The van der Waals surface area contributed by atoms with Gasteiger partial charge in [0, 0.05) is 19.6 Å². The SMILES string of the molecule is C=COCCOCCOCCOCCOCCOCCOCCOCCOCCOCCOCCOCCOCCCNC(=O)CCC(=O)O. The molecule has 296 valence electrons. The molecule has 17 nitrogen and oxygen atoms in total. The number of carboxylic acids is 1. The maximum absolute atomic E-state index is 11.4. The highest BCUT2D eigenvalue weighted by Gasteiger charge is 2.04. The highest BCUT2D eigenvalue weighted by atomic mass is 16.6. The van der Waals surface area contributed by atoms with Crippen molar-refractivity contribution in [2.45, 2.75) is 19.3 Å². The zero-order chi connectivity index (χ0) is 36.3. The molecule has 0 rings (SSSR count). The minimum atomic E-state index is -0.984. The van der Waals surface area contributed by atoms with E-state index in [9.17, 15) is 9.59 Å². The average Bonchev–Trinajstić information content (AvgIpc) is 3.11. The lowest BCUT2D eigenvalue weighted by atomic mass is 10.3. The van der Waals surface area contributed by atoms with Crippen molar-refractivity contribution in [3.63, 3.8) is 0 Å². The van der Waals surface area contributed by atoms with Gasteiger partial charge in [-0.1, -0.05) is 6.58 Å². The molecular formula is C33H63NO16. The Morgan fingerprint density at radius 3 is 0.940 bits per heavy atom. The molecule has 0 saturated heterocycles. The topological polar surface area (TPSA) is 186 Å². The number of carbonyl (C=O) groups excluding carboxylic acids is 1. The number of carboxylic acid groups (broad SMARTS) is 1. The summed E-state index contributed by atoms with van der Waals surface area (Å²) in [7, 11) is 0. The highest BCUT2D eigenvalue weighted by Crippen LogP contribution is 1.90. The van der Waals surface area contributed by atoms with Crippen LogP contribution in [0.2, 0.25) is 0 Å². The van der Waals surface area contributed by atoms with Crippen LogP contribution in [0.3, 0.4) is 0 Å². The van der Waals surface area contributed by atoms with Crippen molar-refractivity contribution in [2.75, 3.05) is 172 Å². The lowest BCUT2D eigenvalue weighted by molar-refractivity contribution is -0.138. The van der Waals surface area contributed by atoms with E-state index in [0.717, 1.165) is 0 Å². The van der Waals surface area contributed by atoms with Gasteiger partial charge in [0.2, 0.25) is 5.91 Å². The number of carbonyl (C=O) groups is 2. The van der Waals surface area contributed by atoms with Crippen LogP contribution in [-0.2, 0) is 71.2 Å². The van der Waals surface area contributed by atoms with Crippen LogP contribution in [0.15, 0.2) is 12.8 Å². The van der Waals surface area contributed by atoms with Crippen LogP contribution in [0.5, 0.6) is 0 Å². The van der Waals surface area contributed by atoms with E-state index in [1.807, 2.05) is 0 Å². The van der Waals surface area contributed by atoms with Crippen LogP contribution in [0.4, 0.5) is 0 Å². The number of ether oxygens (including phenoxy) is 13. The molecular weight excluding hydrogens is 666 g/mol. The molecule has 0 aromatic rings. The summed E-state index contributed by atoms with van der Waals surface area (Å²) < 4.78 is 70.2. The van der Waals surface area contributed by atoms with E-state index < -0.39 is 5.97 Å². The first-order valence-electron chi connectivity index (χ1n) is 17.3.